The Bertz CT molecular complexity index is 825. The maximum atomic E-state index is 12.5. The van der Waals surface area contributed by atoms with Crippen molar-refractivity contribution < 1.29 is 14.3 Å². The van der Waals surface area contributed by atoms with Crippen molar-refractivity contribution in [3.63, 3.8) is 0 Å². The van der Waals surface area contributed by atoms with Gasteiger partial charge in [-0.15, -0.1) is 0 Å². The van der Waals surface area contributed by atoms with Gasteiger partial charge in [0.05, 0.1) is 18.7 Å². The molecule has 6 nitrogen and oxygen atoms in total. The quantitative estimate of drug-likeness (QED) is 0.910. The first-order valence-electron chi connectivity index (χ1n) is 7.85. The molecule has 1 atom stereocenters. The Labute approximate surface area is 150 Å². The van der Waals surface area contributed by atoms with Crippen LogP contribution in [0.2, 0.25) is 5.02 Å². The minimum Gasteiger partial charge on any atom is -0.495 e. The van der Waals surface area contributed by atoms with E-state index in [9.17, 15) is 9.59 Å². The van der Waals surface area contributed by atoms with Crippen LogP contribution in [-0.2, 0) is 9.59 Å². The highest BCUT2D eigenvalue weighted by Crippen LogP contribution is 2.35. The third-order valence-corrected chi connectivity index (χ3v) is 4.33. The Morgan fingerprint density at radius 3 is 2.88 bits per heavy atom. The number of pyridine rings is 1. The van der Waals surface area contributed by atoms with Crippen molar-refractivity contribution in [1.29, 1.82) is 0 Å². The minimum atomic E-state index is -0.460. The molecular weight excluding hydrogens is 342 g/mol. The summed E-state index contributed by atoms with van der Waals surface area (Å²) in [5.74, 6) is 0.196. The maximum absolute atomic E-state index is 12.5. The fraction of sp³-hybridized carbons (Fsp3) is 0.278. The van der Waals surface area contributed by atoms with Crippen molar-refractivity contribution in [2.24, 2.45) is 5.92 Å². The summed E-state index contributed by atoms with van der Waals surface area (Å²) in [7, 11) is 1.53. The van der Waals surface area contributed by atoms with Gasteiger partial charge in [0, 0.05) is 24.2 Å². The van der Waals surface area contributed by atoms with E-state index < -0.39 is 5.92 Å². The first kappa shape index (κ1) is 17.2. The number of amides is 2. The predicted octanol–water partition coefficient (Wildman–Crippen LogP) is 3.04. The molecule has 0 saturated carbocycles. The number of benzene rings is 1. The molecule has 25 heavy (non-hydrogen) atoms. The smallest absolute Gasteiger partial charge is 0.230 e. The van der Waals surface area contributed by atoms with Crippen LogP contribution in [0.15, 0.2) is 36.5 Å². The van der Waals surface area contributed by atoms with Gasteiger partial charge in [0.1, 0.15) is 11.6 Å². The van der Waals surface area contributed by atoms with Crippen LogP contribution in [0.4, 0.5) is 11.5 Å². The van der Waals surface area contributed by atoms with Crippen LogP contribution in [0, 0.1) is 12.8 Å². The molecule has 1 aliphatic rings. The minimum absolute atomic E-state index is 0.132. The zero-order valence-corrected chi connectivity index (χ0v) is 14.7. The zero-order valence-electron chi connectivity index (χ0n) is 14.0. The fourth-order valence-electron chi connectivity index (χ4n) is 2.82. The highest BCUT2D eigenvalue weighted by Gasteiger charge is 2.36. The van der Waals surface area contributed by atoms with Gasteiger partial charge in [0.25, 0.3) is 0 Å². The number of aryl methyl sites for hydroxylation is 1. The van der Waals surface area contributed by atoms with E-state index in [2.05, 4.69) is 10.3 Å². The summed E-state index contributed by atoms with van der Waals surface area (Å²) < 4.78 is 5.30. The Morgan fingerprint density at radius 2 is 2.16 bits per heavy atom. The molecule has 1 aromatic carbocycles. The van der Waals surface area contributed by atoms with Gasteiger partial charge in [-0.05, 0) is 42.8 Å². The highest BCUT2D eigenvalue weighted by molar-refractivity contribution is 6.31. The first-order chi connectivity index (χ1) is 12.0. The molecule has 1 fully saturated rings. The number of nitrogens with zero attached hydrogens (tertiary/aromatic N) is 2. The maximum Gasteiger partial charge on any atom is 0.230 e. The summed E-state index contributed by atoms with van der Waals surface area (Å²) in [6.07, 6.45) is 1.77. The summed E-state index contributed by atoms with van der Waals surface area (Å²) in [6, 6.07) is 8.70. The lowest BCUT2D eigenvalue weighted by Crippen LogP contribution is -2.28. The predicted molar refractivity (Wildman–Crippen MR) is 96.1 cm³/mol. The normalized spacial score (nSPS) is 16.8. The van der Waals surface area contributed by atoms with Crippen LogP contribution in [0.5, 0.6) is 5.75 Å². The molecule has 1 N–H and O–H groups in total. The number of carbonyl (C=O) groups is 2. The number of rotatable bonds is 4. The van der Waals surface area contributed by atoms with E-state index in [-0.39, 0.29) is 24.8 Å². The molecule has 1 aromatic heterocycles. The third kappa shape index (κ3) is 3.74. The summed E-state index contributed by atoms with van der Waals surface area (Å²) in [6.45, 7) is 2.19. The van der Waals surface area contributed by atoms with Crippen LogP contribution >= 0.6 is 11.6 Å². The Kier molecular flexibility index (Phi) is 4.90. The lowest BCUT2D eigenvalue weighted by atomic mass is 10.1. The van der Waals surface area contributed by atoms with Crippen LogP contribution in [-0.4, -0.2) is 30.5 Å². The molecule has 2 aromatic rings. The molecule has 2 amide bonds. The van der Waals surface area contributed by atoms with Crippen molar-refractivity contribution in [3.05, 3.63) is 47.1 Å². The summed E-state index contributed by atoms with van der Waals surface area (Å²) in [4.78, 5) is 30.5. The van der Waals surface area contributed by atoms with Crippen LogP contribution in [0.3, 0.4) is 0 Å². The largest absolute Gasteiger partial charge is 0.495 e. The second-order valence-corrected chi connectivity index (χ2v) is 6.37. The Morgan fingerprint density at radius 1 is 1.36 bits per heavy atom. The van der Waals surface area contributed by atoms with E-state index in [0.29, 0.717) is 22.3 Å². The van der Waals surface area contributed by atoms with Crippen molar-refractivity contribution in [1.82, 2.24) is 4.98 Å². The SMILES string of the molecule is COc1ccc(Cl)cc1N1CC(C(=O)Nc2cc(C)ccn2)CC1=O. The first-order valence-corrected chi connectivity index (χ1v) is 8.23. The lowest BCUT2D eigenvalue weighted by molar-refractivity contribution is -0.122. The topological polar surface area (TPSA) is 71.5 Å². The molecular formula is C18H18ClN3O3. The van der Waals surface area contributed by atoms with Gasteiger partial charge < -0.3 is 15.0 Å². The monoisotopic (exact) mass is 359 g/mol. The number of methoxy groups -OCH3 is 1. The van der Waals surface area contributed by atoms with E-state index >= 15 is 0 Å². The second kappa shape index (κ2) is 7.11. The number of halogens is 1. The van der Waals surface area contributed by atoms with Crippen LogP contribution in [0.1, 0.15) is 12.0 Å². The molecule has 0 aliphatic carbocycles. The molecule has 3 rings (SSSR count). The third-order valence-electron chi connectivity index (χ3n) is 4.09. The fourth-order valence-corrected chi connectivity index (χ4v) is 2.99. The average Bonchev–Trinajstić information content (AvgIpc) is 2.96. The summed E-state index contributed by atoms with van der Waals surface area (Å²) in [5, 5.41) is 3.27. The van der Waals surface area contributed by atoms with Crippen molar-refractivity contribution in [3.8, 4) is 5.75 Å². The number of anilines is 2. The molecule has 2 heterocycles. The molecule has 0 bridgehead atoms. The highest BCUT2D eigenvalue weighted by atomic mass is 35.5. The van der Waals surface area contributed by atoms with Crippen molar-refractivity contribution in [2.45, 2.75) is 13.3 Å². The molecule has 130 valence electrons. The Balaban J connectivity index is 1.76. The van der Waals surface area contributed by atoms with Crippen molar-refractivity contribution in [2.75, 3.05) is 23.9 Å². The second-order valence-electron chi connectivity index (χ2n) is 5.93. The van der Waals surface area contributed by atoms with E-state index in [4.69, 9.17) is 16.3 Å². The number of aromatic nitrogens is 1. The Hall–Kier alpha value is -2.60. The van der Waals surface area contributed by atoms with E-state index in [1.807, 2.05) is 13.0 Å². The number of hydrogen-bond donors (Lipinski definition) is 1. The number of hydrogen-bond acceptors (Lipinski definition) is 4. The molecule has 7 heteroatoms. The van der Waals surface area contributed by atoms with Crippen molar-refractivity contribution >= 4 is 34.9 Å². The van der Waals surface area contributed by atoms with E-state index in [1.54, 1.807) is 35.4 Å². The lowest BCUT2D eigenvalue weighted by Gasteiger charge is -2.19. The standard InChI is InChI=1S/C18H18ClN3O3/c1-11-5-6-20-16(7-11)21-18(24)12-8-17(23)22(10-12)14-9-13(19)3-4-15(14)25-2/h3-7,9,12H,8,10H2,1-2H3,(H,20,21,24). The average molecular weight is 360 g/mol. The molecule has 1 unspecified atom stereocenters. The van der Waals surface area contributed by atoms with Gasteiger partial charge >= 0.3 is 0 Å². The number of nitrogens with one attached hydrogen (secondary N) is 1. The molecule has 1 saturated heterocycles. The van der Waals surface area contributed by atoms with Gasteiger partial charge in [0.2, 0.25) is 11.8 Å². The van der Waals surface area contributed by atoms with E-state index in [0.717, 1.165) is 5.56 Å². The van der Waals surface area contributed by atoms with Gasteiger partial charge in [-0.2, -0.15) is 0 Å². The van der Waals surface area contributed by atoms with E-state index in [1.165, 1.54) is 7.11 Å². The van der Waals surface area contributed by atoms with Gasteiger partial charge in [-0.1, -0.05) is 11.6 Å². The molecule has 1 aliphatic heterocycles. The summed E-state index contributed by atoms with van der Waals surface area (Å²) in [5.41, 5.74) is 1.57. The molecule has 0 spiro atoms. The number of ether oxygens (including phenoxy) is 1. The van der Waals surface area contributed by atoms with Gasteiger partial charge in [0.15, 0.2) is 0 Å². The zero-order chi connectivity index (χ0) is 18.0. The number of carbonyl (C=O) groups excluding carboxylic acids is 2. The van der Waals surface area contributed by atoms with Crippen LogP contribution in [0.25, 0.3) is 0 Å². The van der Waals surface area contributed by atoms with Gasteiger partial charge in [-0.25, -0.2) is 4.98 Å². The molecule has 0 radical (unpaired) electrons. The van der Waals surface area contributed by atoms with Crippen LogP contribution < -0.4 is 15.0 Å². The van der Waals surface area contributed by atoms with Gasteiger partial charge in [-0.3, -0.25) is 9.59 Å². The summed E-state index contributed by atoms with van der Waals surface area (Å²) >= 11 is 6.04.